The maximum absolute atomic E-state index is 12.9. The third-order valence-electron chi connectivity index (χ3n) is 5.97. The number of rotatable bonds is 13. The van der Waals surface area contributed by atoms with Gasteiger partial charge in [-0.3, -0.25) is 28.2 Å². The monoisotopic (exact) mass is 661 g/mol. The molecule has 1 saturated heterocycles. The van der Waals surface area contributed by atoms with E-state index >= 15 is 0 Å². The number of esters is 3. The lowest BCUT2D eigenvalue weighted by molar-refractivity contribution is -0.259. The molecule has 1 heterocycles. The minimum Gasteiger partial charge on any atom is -0.463 e. The van der Waals surface area contributed by atoms with Gasteiger partial charge >= 0.3 is 33.6 Å². The molecule has 0 bridgehead atoms. The molecule has 1 aliphatic heterocycles. The molecule has 0 aromatic heterocycles. The van der Waals surface area contributed by atoms with Gasteiger partial charge in [0.25, 0.3) is 0 Å². The van der Waals surface area contributed by atoms with Crippen molar-refractivity contribution in [1.82, 2.24) is 5.32 Å². The molecular weight excluding hydrogens is 628 g/mol. The molecule has 2 unspecified atom stereocenters. The van der Waals surface area contributed by atoms with Gasteiger partial charge in [-0.1, -0.05) is 42.5 Å². The standard InChI is InChI=1S/C26H33NO15P2/c1-15(28)27-23-25(39-18(4)31)24(38-17(3)30)22(14-36-16(2)29)40-26(23)41-44(34,35)42-43(32,33)37-12-11-19-9-10-20-7-5-6-8-21(20)13-19/h5-10,13,22-26H,11-12,14H2,1-4H3,(H,27,28)(H,32,33)(H,34,35)/t22-,23-,24-,25-,26-/m1/s1. The maximum Gasteiger partial charge on any atom is 0.483 e. The summed E-state index contributed by atoms with van der Waals surface area (Å²) < 4.78 is 60.8. The number of phosphoric acid groups is 2. The van der Waals surface area contributed by atoms with Crippen LogP contribution in [0, 0.1) is 0 Å². The lowest BCUT2D eigenvalue weighted by Gasteiger charge is -2.44. The summed E-state index contributed by atoms with van der Waals surface area (Å²) in [6, 6.07) is 11.4. The highest BCUT2D eigenvalue weighted by molar-refractivity contribution is 7.61. The second-order valence-corrected chi connectivity index (χ2v) is 12.6. The summed E-state index contributed by atoms with van der Waals surface area (Å²) in [5.41, 5.74) is 0.749. The smallest absolute Gasteiger partial charge is 0.463 e. The normalized spacial score (nSPS) is 24.4. The van der Waals surface area contributed by atoms with E-state index in [1.54, 1.807) is 6.07 Å². The summed E-state index contributed by atoms with van der Waals surface area (Å²) in [4.78, 5) is 67.8. The first-order valence-corrected chi connectivity index (χ1v) is 16.1. The van der Waals surface area contributed by atoms with Crippen molar-refractivity contribution in [3.63, 3.8) is 0 Å². The van der Waals surface area contributed by atoms with E-state index in [9.17, 15) is 38.1 Å². The molecule has 2 aromatic carbocycles. The van der Waals surface area contributed by atoms with E-state index in [-0.39, 0.29) is 13.0 Å². The molecule has 7 atom stereocenters. The van der Waals surface area contributed by atoms with Crippen LogP contribution in [0.25, 0.3) is 10.8 Å². The third kappa shape index (κ3) is 10.8. The van der Waals surface area contributed by atoms with Crippen molar-refractivity contribution >= 4 is 50.2 Å². The zero-order valence-electron chi connectivity index (χ0n) is 24.1. The highest BCUT2D eigenvalue weighted by Gasteiger charge is 2.53. The summed E-state index contributed by atoms with van der Waals surface area (Å²) >= 11 is 0. The lowest BCUT2D eigenvalue weighted by atomic mass is 9.96. The maximum atomic E-state index is 12.9. The fourth-order valence-electron chi connectivity index (χ4n) is 4.36. The first-order chi connectivity index (χ1) is 20.5. The van der Waals surface area contributed by atoms with Crippen molar-refractivity contribution in [3.8, 4) is 0 Å². The fraction of sp³-hybridized carbons (Fsp3) is 0.462. The molecule has 3 rings (SSSR count). The number of nitrogens with one attached hydrogen (secondary N) is 1. The SMILES string of the molecule is CC(=O)N[C@H]1[C@@H](OP(=O)(O)OP(=O)(O)OCCc2ccc3ccccc3c2)O[C@H](COC(C)=O)[C@@H](OC(C)=O)[C@@H]1OC(C)=O. The Morgan fingerprint density at radius 3 is 2.11 bits per heavy atom. The average molecular weight is 661 g/mol. The van der Waals surface area contributed by atoms with Crippen molar-refractivity contribution in [2.24, 2.45) is 0 Å². The van der Waals surface area contributed by atoms with Crippen molar-refractivity contribution in [2.75, 3.05) is 13.2 Å². The van der Waals surface area contributed by atoms with Crippen molar-refractivity contribution in [3.05, 3.63) is 48.0 Å². The topological polar surface area (TPSA) is 220 Å². The molecule has 18 heteroatoms. The number of ether oxygens (including phenoxy) is 4. The van der Waals surface area contributed by atoms with Crippen molar-refractivity contribution < 1.29 is 70.4 Å². The van der Waals surface area contributed by atoms with E-state index in [1.807, 2.05) is 36.4 Å². The first-order valence-electron chi connectivity index (χ1n) is 13.1. The molecule has 242 valence electrons. The second-order valence-electron chi connectivity index (χ2n) is 9.61. The summed E-state index contributed by atoms with van der Waals surface area (Å²) in [5.74, 6) is -3.33. The fourth-order valence-corrected chi connectivity index (χ4v) is 6.51. The average Bonchev–Trinajstić information content (AvgIpc) is 2.89. The molecule has 2 aromatic rings. The van der Waals surface area contributed by atoms with Crippen LogP contribution in [0.2, 0.25) is 0 Å². The Hall–Kier alpha value is -3.20. The molecule has 0 spiro atoms. The molecule has 16 nitrogen and oxygen atoms in total. The quantitative estimate of drug-likeness (QED) is 0.159. The molecule has 1 aliphatic rings. The lowest BCUT2D eigenvalue weighted by Crippen LogP contribution is -2.66. The number of hydrogen-bond acceptors (Lipinski definition) is 13. The van der Waals surface area contributed by atoms with E-state index in [0.29, 0.717) is 0 Å². The highest BCUT2D eigenvalue weighted by atomic mass is 31.3. The summed E-state index contributed by atoms with van der Waals surface area (Å²) in [6.07, 6.45) is -6.48. The number of fused-ring (bicyclic) bond motifs is 1. The summed E-state index contributed by atoms with van der Waals surface area (Å²) in [6.45, 7) is 3.13. The Morgan fingerprint density at radius 1 is 0.864 bits per heavy atom. The number of amides is 1. The van der Waals surface area contributed by atoms with Crippen molar-refractivity contribution in [1.29, 1.82) is 0 Å². The van der Waals surface area contributed by atoms with Gasteiger partial charge in [-0.15, -0.1) is 0 Å². The number of benzene rings is 2. The van der Waals surface area contributed by atoms with Gasteiger partial charge in [-0.05, 0) is 22.8 Å². The van der Waals surface area contributed by atoms with Crippen LogP contribution in [-0.2, 0) is 67.0 Å². The van der Waals surface area contributed by atoms with Crippen LogP contribution < -0.4 is 5.32 Å². The number of phosphoric ester groups is 2. The minimum absolute atomic E-state index is 0.144. The van der Waals surface area contributed by atoms with Gasteiger partial charge in [0.05, 0.1) is 6.61 Å². The van der Waals surface area contributed by atoms with Gasteiger partial charge in [0, 0.05) is 27.7 Å². The molecule has 44 heavy (non-hydrogen) atoms. The second kappa shape index (κ2) is 15.2. The Morgan fingerprint density at radius 2 is 1.50 bits per heavy atom. The Kier molecular flexibility index (Phi) is 12.2. The van der Waals surface area contributed by atoms with Crippen LogP contribution in [0.3, 0.4) is 0 Å². The number of carbonyl (C=O) groups excluding carboxylic acids is 4. The van der Waals surface area contributed by atoms with E-state index in [0.717, 1.165) is 44.0 Å². The van der Waals surface area contributed by atoms with Crippen LogP contribution >= 0.6 is 15.6 Å². The Labute approximate surface area is 252 Å². The third-order valence-corrected chi connectivity index (χ3v) is 8.61. The van der Waals surface area contributed by atoms with Gasteiger partial charge in [0.2, 0.25) is 5.91 Å². The summed E-state index contributed by atoms with van der Waals surface area (Å²) in [7, 11) is -10.8. The Balaban J connectivity index is 1.77. The minimum atomic E-state index is -5.55. The van der Waals surface area contributed by atoms with E-state index in [2.05, 4.69) is 9.63 Å². The van der Waals surface area contributed by atoms with Gasteiger partial charge in [-0.25, -0.2) is 9.13 Å². The molecule has 3 N–H and O–H groups in total. The molecule has 0 aliphatic carbocycles. The van der Waals surface area contributed by atoms with Gasteiger partial charge < -0.3 is 34.1 Å². The van der Waals surface area contributed by atoms with E-state index < -0.39 is 76.7 Å². The predicted octanol–water partition coefficient (Wildman–Crippen LogP) is 2.29. The molecular formula is C26H33NO15P2. The highest BCUT2D eigenvalue weighted by Crippen LogP contribution is 2.61. The van der Waals surface area contributed by atoms with E-state index in [1.165, 1.54) is 0 Å². The number of hydrogen-bond donors (Lipinski definition) is 3. The summed E-state index contributed by atoms with van der Waals surface area (Å²) in [5, 5.41) is 4.22. The van der Waals surface area contributed by atoms with Gasteiger partial charge in [-0.2, -0.15) is 4.31 Å². The molecule has 0 radical (unpaired) electrons. The van der Waals surface area contributed by atoms with Crippen LogP contribution in [0.1, 0.15) is 33.3 Å². The largest absolute Gasteiger partial charge is 0.483 e. The van der Waals surface area contributed by atoms with Crippen LogP contribution in [0.5, 0.6) is 0 Å². The van der Waals surface area contributed by atoms with Crippen molar-refractivity contribution in [2.45, 2.75) is 64.8 Å². The Bertz CT molecular complexity index is 1470. The molecule has 0 saturated carbocycles. The van der Waals surface area contributed by atoms with Gasteiger partial charge in [0.1, 0.15) is 18.8 Å². The molecule has 1 amide bonds. The number of carbonyl (C=O) groups is 4. The van der Waals surface area contributed by atoms with Crippen LogP contribution in [0.15, 0.2) is 42.5 Å². The van der Waals surface area contributed by atoms with Gasteiger partial charge in [0.15, 0.2) is 18.5 Å². The van der Waals surface area contributed by atoms with Crippen LogP contribution in [0.4, 0.5) is 0 Å². The van der Waals surface area contributed by atoms with Crippen LogP contribution in [-0.4, -0.2) is 77.5 Å². The first kappa shape index (κ1) is 35.3. The zero-order chi connectivity index (χ0) is 32.7. The predicted molar refractivity (Wildman–Crippen MR) is 149 cm³/mol. The zero-order valence-corrected chi connectivity index (χ0v) is 25.9. The van der Waals surface area contributed by atoms with E-state index in [4.69, 9.17) is 28.0 Å². The molecule has 1 fully saturated rings.